The van der Waals surface area contributed by atoms with Gasteiger partial charge < -0.3 is 14.8 Å². The molecule has 25 heavy (non-hydrogen) atoms. The Balaban J connectivity index is 2.29. The maximum absolute atomic E-state index is 12.4. The highest BCUT2D eigenvalue weighted by molar-refractivity contribution is 6.08. The van der Waals surface area contributed by atoms with Gasteiger partial charge in [0.1, 0.15) is 17.2 Å². The van der Waals surface area contributed by atoms with Crippen LogP contribution in [0, 0.1) is 10.1 Å². The number of hydrogen-bond donors (Lipinski definition) is 1. The molecule has 1 N–H and O–H groups in total. The molecule has 0 saturated carbocycles. The number of methoxy groups -OCH3 is 2. The summed E-state index contributed by atoms with van der Waals surface area (Å²) in [4.78, 5) is 23.0. The summed E-state index contributed by atoms with van der Waals surface area (Å²) in [5.74, 6) is 0.695. The van der Waals surface area contributed by atoms with Crippen LogP contribution in [0.1, 0.15) is 15.9 Å². The van der Waals surface area contributed by atoms with Crippen molar-refractivity contribution in [1.82, 2.24) is 0 Å². The van der Waals surface area contributed by atoms with Gasteiger partial charge in [-0.25, -0.2) is 0 Å². The van der Waals surface area contributed by atoms with Crippen LogP contribution in [0.2, 0.25) is 0 Å². The van der Waals surface area contributed by atoms with Crippen molar-refractivity contribution >= 4 is 23.2 Å². The number of ketones is 1. The van der Waals surface area contributed by atoms with Crippen LogP contribution >= 0.6 is 0 Å². The van der Waals surface area contributed by atoms with Crippen molar-refractivity contribution < 1.29 is 19.2 Å². The monoisotopic (exact) mass is 342 g/mol. The van der Waals surface area contributed by atoms with Gasteiger partial charge in [0.25, 0.3) is 5.69 Å². The summed E-state index contributed by atoms with van der Waals surface area (Å²) >= 11 is 0. The number of nitro benzene ring substituents is 1. The molecule has 2 rings (SSSR count). The van der Waals surface area contributed by atoms with Crippen molar-refractivity contribution in [3.8, 4) is 11.5 Å². The van der Waals surface area contributed by atoms with Crippen LogP contribution in [0.3, 0.4) is 0 Å². The molecule has 0 aliphatic carbocycles. The van der Waals surface area contributed by atoms with E-state index in [1.807, 2.05) is 0 Å². The van der Waals surface area contributed by atoms with E-state index < -0.39 is 4.92 Å². The molecule has 130 valence electrons. The average molecular weight is 342 g/mol. The van der Waals surface area contributed by atoms with E-state index in [9.17, 15) is 14.9 Å². The lowest BCUT2D eigenvalue weighted by Gasteiger charge is -2.08. The molecule has 0 amide bonds. The summed E-state index contributed by atoms with van der Waals surface area (Å²) in [5.41, 5.74) is 1.27. The average Bonchev–Trinajstić information content (AvgIpc) is 2.65. The Kier molecular flexibility index (Phi) is 5.73. The fourth-order valence-corrected chi connectivity index (χ4v) is 2.28. The molecule has 0 aliphatic heterocycles. The zero-order chi connectivity index (χ0) is 18.4. The number of benzene rings is 2. The van der Waals surface area contributed by atoms with Gasteiger partial charge in [-0.1, -0.05) is 12.1 Å². The van der Waals surface area contributed by atoms with Gasteiger partial charge in [0, 0.05) is 19.2 Å². The Morgan fingerprint density at radius 1 is 1.16 bits per heavy atom. The zero-order valence-corrected chi connectivity index (χ0v) is 14.1. The number of carbonyl (C=O) groups excluding carboxylic acids is 1. The Bertz CT molecular complexity index is 830. The van der Waals surface area contributed by atoms with Crippen LogP contribution in [0.15, 0.2) is 42.5 Å². The summed E-state index contributed by atoms with van der Waals surface area (Å²) in [7, 11) is 4.60. The third-order valence-electron chi connectivity index (χ3n) is 3.59. The number of carbonyl (C=O) groups is 1. The van der Waals surface area contributed by atoms with Crippen LogP contribution in [-0.2, 0) is 0 Å². The number of rotatable bonds is 7. The van der Waals surface area contributed by atoms with Crippen molar-refractivity contribution in [3.63, 3.8) is 0 Å². The Labute approximate surface area is 145 Å². The Morgan fingerprint density at radius 2 is 1.92 bits per heavy atom. The van der Waals surface area contributed by atoms with Crippen LogP contribution in [-0.4, -0.2) is 32.0 Å². The lowest BCUT2D eigenvalue weighted by molar-refractivity contribution is -0.383. The molecule has 0 spiro atoms. The number of anilines is 1. The Morgan fingerprint density at radius 3 is 2.52 bits per heavy atom. The minimum atomic E-state index is -0.475. The zero-order valence-electron chi connectivity index (χ0n) is 14.1. The normalized spacial score (nSPS) is 10.5. The minimum Gasteiger partial charge on any atom is -0.497 e. The first kappa shape index (κ1) is 18.0. The lowest BCUT2D eigenvalue weighted by Crippen LogP contribution is -2.00. The number of ether oxygens (including phenoxy) is 2. The van der Waals surface area contributed by atoms with E-state index in [1.165, 1.54) is 32.4 Å². The SMILES string of the molecule is CNc1ccc(/C=C/C(=O)c2ccc(OC)cc2OC)cc1[N+](=O)[O-]. The second kappa shape index (κ2) is 7.96. The molecule has 0 aliphatic rings. The molecule has 0 heterocycles. The molecule has 0 unspecified atom stereocenters. The number of nitro groups is 1. The lowest BCUT2D eigenvalue weighted by atomic mass is 10.1. The number of nitrogens with one attached hydrogen (secondary N) is 1. The van der Waals surface area contributed by atoms with Crippen LogP contribution in [0.4, 0.5) is 11.4 Å². The van der Waals surface area contributed by atoms with Crippen LogP contribution in [0.5, 0.6) is 11.5 Å². The molecular weight excluding hydrogens is 324 g/mol. The molecule has 2 aromatic rings. The van der Waals surface area contributed by atoms with Gasteiger partial charge >= 0.3 is 0 Å². The van der Waals surface area contributed by atoms with E-state index in [1.54, 1.807) is 37.4 Å². The topological polar surface area (TPSA) is 90.7 Å². The third kappa shape index (κ3) is 4.14. The van der Waals surface area contributed by atoms with Crippen molar-refractivity contribution in [2.45, 2.75) is 0 Å². The third-order valence-corrected chi connectivity index (χ3v) is 3.59. The maximum atomic E-state index is 12.4. The van der Waals surface area contributed by atoms with Crippen molar-refractivity contribution in [3.05, 3.63) is 63.7 Å². The number of nitrogens with zero attached hydrogens (tertiary/aromatic N) is 1. The molecule has 0 radical (unpaired) electrons. The summed E-state index contributed by atoms with van der Waals surface area (Å²) in [5, 5.41) is 13.8. The van der Waals surface area contributed by atoms with E-state index >= 15 is 0 Å². The quantitative estimate of drug-likeness (QED) is 0.358. The molecule has 7 heteroatoms. The van der Waals surface area contributed by atoms with Gasteiger partial charge in [0.05, 0.1) is 24.7 Å². The predicted molar refractivity (Wildman–Crippen MR) is 95.6 cm³/mol. The van der Waals surface area contributed by atoms with Gasteiger partial charge in [0.2, 0.25) is 0 Å². The minimum absolute atomic E-state index is 0.0564. The first-order valence-corrected chi connectivity index (χ1v) is 7.40. The van der Waals surface area contributed by atoms with Crippen molar-refractivity contribution in [2.75, 3.05) is 26.6 Å². The first-order valence-electron chi connectivity index (χ1n) is 7.40. The van der Waals surface area contributed by atoms with Gasteiger partial charge in [-0.2, -0.15) is 0 Å². The largest absolute Gasteiger partial charge is 0.497 e. The predicted octanol–water partition coefficient (Wildman–Crippen LogP) is 3.55. The highest BCUT2D eigenvalue weighted by atomic mass is 16.6. The van der Waals surface area contributed by atoms with Crippen LogP contribution < -0.4 is 14.8 Å². The molecule has 0 saturated heterocycles. The first-order chi connectivity index (χ1) is 12.0. The molecule has 0 bridgehead atoms. The molecular formula is C18H18N2O5. The van der Waals surface area contributed by atoms with Gasteiger partial charge in [-0.3, -0.25) is 14.9 Å². The van der Waals surface area contributed by atoms with E-state index in [4.69, 9.17) is 9.47 Å². The van der Waals surface area contributed by atoms with E-state index in [-0.39, 0.29) is 11.5 Å². The van der Waals surface area contributed by atoms with E-state index in [2.05, 4.69) is 5.32 Å². The summed E-state index contributed by atoms with van der Waals surface area (Å²) in [6.45, 7) is 0. The summed E-state index contributed by atoms with van der Waals surface area (Å²) in [6.07, 6.45) is 2.88. The molecule has 0 aromatic heterocycles. The van der Waals surface area contributed by atoms with E-state index in [0.717, 1.165) is 0 Å². The maximum Gasteiger partial charge on any atom is 0.292 e. The standard InChI is InChI=1S/C18H18N2O5/c1-19-15-8-4-12(10-16(15)20(22)23)5-9-17(21)14-7-6-13(24-2)11-18(14)25-3/h4-11,19H,1-3H3/b9-5+. The smallest absolute Gasteiger partial charge is 0.292 e. The van der Waals surface area contributed by atoms with Gasteiger partial charge in [-0.15, -0.1) is 0 Å². The highest BCUT2D eigenvalue weighted by Gasteiger charge is 2.14. The molecule has 7 nitrogen and oxygen atoms in total. The van der Waals surface area contributed by atoms with Crippen LogP contribution in [0.25, 0.3) is 6.08 Å². The highest BCUT2D eigenvalue weighted by Crippen LogP contribution is 2.27. The van der Waals surface area contributed by atoms with Gasteiger partial charge in [0.15, 0.2) is 5.78 Å². The number of allylic oxidation sites excluding steroid dienone is 1. The van der Waals surface area contributed by atoms with Crippen molar-refractivity contribution in [2.24, 2.45) is 0 Å². The Hall–Kier alpha value is -3.35. The summed E-state index contributed by atoms with van der Waals surface area (Å²) < 4.78 is 10.3. The summed E-state index contributed by atoms with van der Waals surface area (Å²) in [6, 6.07) is 9.58. The molecule has 0 fully saturated rings. The molecule has 0 atom stereocenters. The molecule has 2 aromatic carbocycles. The van der Waals surface area contributed by atoms with Gasteiger partial charge in [-0.05, 0) is 29.8 Å². The van der Waals surface area contributed by atoms with E-state index in [0.29, 0.717) is 28.3 Å². The fourth-order valence-electron chi connectivity index (χ4n) is 2.28. The number of hydrogen-bond acceptors (Lipinski definition) is 6. The second-order valence-electron chi connectivity index (χ2n) is 5.05. The van der Waals surface area contributed by atoms with Crippen molar-refractivity contribution in [1.29, 1.82) is 0 Å². The fraction of sp³-hybridized carbons (Fsp3) is 0.167. The second-order valence-corrected chi connectivity index (χ2v) is 5.05.